The van der Waals surface area contributed by atoms with Crippen LogP contribution in [0.4, 0.5) is 0 Å². The maximum Gasteiger partial charge on any atom is 0.310 e. The molecule has 3 N–H and O–H groups in total. The molecule has 2 aliphatic carbocycles. The third kappa shape index (κ3) is 6.24. The van der Waals surface area contributed by atoms with Gasteiger partial charge in [-0.15, -0.1) is 0 Å². The number of fused-ring (bicyclic) bond motifs is 1. The largest absolute Gasteiger partial charge is 0.494 e. The number of rotatable bonds is 8. The number of halogens is 1. The van der Waals surface area contributed by atoms with Gasteiger partial charge in [0.15, 0.2) is 0 Å². The molecule has 44 heavy (non-hydrogen) atoms. The summed E-state index contributed by atoms with van der Waals surface area (Å²) in [5.74, 6) is 4.35. The number of ether oxygens (including phenoxy) is 1. The summed E-state index contributed by atoms with van der Waals surface area (Å²) in [6.07, 6.45) is 7.45. The Morgan fingerprint density at radius 3 is 2.66 bits per heavy atom. The first-order valence-electron chi connectivity index (χ1n) is 14.4. The van der Waals surface area contributed by atoms with E-state index in [4.69, 9.17) is 21.4 Å². The Hall–Kier alpha value is -4.88. The SMILES string of the molecule is COc1cc(C2(NC(=O)c3ccccc3CNC(=O)C(=O)N[C@@H](C)C#Cc3ncccc3Cl)CC2)cc2cn(C3CC3)nc12. The number of nitrogens with one attached hydrogen (secondary N) is 3. The zero-order valence-corrected chi connectivity index (χ0v) is 25.1. The van der Waals surface area contributed by atoms with Crippen molar-refractivity contribution in [3.05, 3.63) is 88.3 Å². The maximum atomic E-state index is 13.6. The van der Waals surface area contributed by atoms with Gasteiger partial charge in [-0.1, -0.05) is 35.7 Å². The van der Waals surface area contributed by atoms with Crippen LogP contribution in [0.5, 0.6) is 5.75 Å². The molecule has 2 aromatic heterocycles. The summed E-state index contributed by atoms with van der Waals surface area (Å²) in [4.78, 5) is 42.7. The summed E-state index contributed by atoms with van der Waals surface area (Å²) in [6.45, 7) is 1.64. The predicted molar refractivity (Wildman–Crippen MR) is 165 cm³/mol. The molecule has 6 rings (SSSR count). The molecule has 2 fully saturated rings. The van der Waals surface area contributed by atoms with Crippen LogP contribution in [0.2, 0.25) is 5.02 Å². The fraction of sp³-hybridized carbons (Fsp3) is 0.303. The van der Waals surface area contributed by atoms with E-state index in [2.05, 4.69) is 45.0 Å². The van der Waals surface area contributed by atoms with Crippen LogP contribution in [0.3, 0.4) is 0 Å². The Labute approximate surface area is 259 Å². The van der Waals surface area contributed by atoms with Crippen molar-refractivity contribution in [2.45, 2.75) is 56.8 Å². The lowest BCUT2D eigenvalue weighted by molar-refractivity contribution is -0.139. The Kier molecular flexibility index (Phi) is 7.97. The summed E-state index contributed by atoms with van der Waals surface area (Å²) >= 11 is 6.06. The summed E-state index contributed by atoms with van der Waals surface area (Å²) in [5.41, 5.74) is 2.64. The molecule has 2 aromatic carbocycles. The quantitative estimate of drug-likeness (QED) is 0.204. The van der Waals surface area contributed by atoms with Crippen LogP contribution >= 0.6 is 11.6 Å². The number of benzene rings is 2. The van der Waals surface area contributed by atoms with Gasteiger partial charge in [-0.05, 0) is 80.0 Å². The highest BCUT2D eigenvalue weighted by atomic mass is 35.5. The van der Waals surface area contributed by atoms with E-state index in [-0.39, 0.29) is 12.5 Å². The summed E-state index contributed by atoms with van der Waals surface area (Å²) in [7, 11) is 1.63. The third-order valence-corrected chi connectivity index (χ3v) is 8.11. The molecule has 0 saturated heterocycles. The molecule has 4 aromatic rings. The Morgan fingerprint density at radius 2 is 1.93 bits per heavy atom. The average Bonchev–Trinajstić information content (AvgIpc) is 3.97. The first kappa shape index (κ1) is 29.2. The molecule has 11 heteroatoms. The first-order valence-corrected chi connectivity index (χ1v) is 14.8. The molecule has 224 valence electrons. The smallest absolute Gasteiger partial charge is 0.310 e. The highest BCUT2D eigenvalue weighted by Gasteiger charge is 2.46. The van der Waals surface area contributed by atoms with Crippen LogP contribution in [-0.4, -0.2) is 45.6 Å². The van der Waals surface area contributed by atoms with E-state index in [1.807, 2.05) is 10.7 Å². The maximum absolute atomic E-state index is 13.6. The van der Waals surface area contributed by atoms with Gasteiger partial charge in [0.2, 0.25) is 0 Å². The minimum Gasteiger partial charge on any atom is -0.494 e. The minimum atomic E-state index is -0.841. The fourth-order valence-corrected chi connectivity index (χ4v) is 5.25. The molecular weight excluding hydrogens is 580 g/mol. The van der Waals surface area contributed by atoms with Crippen molar-refractivity contribution < 1.29 is 19.1 Å². The van der Waals surface area contributed by atoms with Gasteiger partial charge in [0.25, 0.3) is 5.91 Å². The van der Waals surface area contributed by atoms with Crippen molar-refractivity contribution in [3.8, 4) is 17.6 Å². The molecule has 0 aliphatic heterocycles. The Bertz CT molecular complexity index is 1830. The molecule has 2 aliphatic rings. The molecule has 0 radical (unpaired) electrons. The summed E-state index contributed by atoms with van der Waals surface area (Å²) < 4.78 is 7.68. The van der Waals surface area contributed by atoms with E-state index in [1.165, 1.54) is 0 Å². The molecule has 1 atom stereocenters. The normalized spacial score (nSPS) is 15.4. The van der Waals surface area contributed by atoms with Crippen molar-refractivity contribution in [2.24, 2.45) is 0 Å². The Balaban J connectivity index is 1.10. The number of methoxy groups -OCH3 is 1. The van der Waals surface area contributed by atoms with E-state index in [1.54, 1.807) is 56.6 Å². The topological polar surface area (TPSA) is 127 Å². The van der Waals surface area contributed by atoms with E-state index < -0.39 is 23.4 Å². The third-order valence-electron chi connectivity index (χ3n) is 7.81. The molecule has 0 spiro atoms. The molecule has 0 unspecified atom stereocenters. The number of amides is 3. The van der Waals surface area contributed by atoms with Gasteiger partial charge in [0.05, 0.1) is 29.8 Å². The summed E-state index contributed by atoms with van der Waals surface area (Å²) in [5, 5.41) is 14.5. The molecule has 10 nitrogen and oxygen atoms in total. The second kappa shape index (κ2) is 12.0. The molecule has 2 saturated carbocycles. The number of carbonyl (C=O) groups is 3. The van der Waals surface area contributed by atoms with Gasteiger partial charge in [-0.25, -0.2) is 4.98 Å². The number of aromatic nitrogens is 3. The van der Waals surface area contributed by atoms with Gasteiger partial charge in [0.1, 0.15) is 17.0 Å². The van der Waals surface area contributed by atoms with Crippen LogP contribution in [0.15, 0.2) is 60.9 Å². The van der Waals surface area contributed by atoms with Crippen LogP contribution in [0, 0.1) is 11.8 Å². The number of hydrogen-bond donors (Lipinski definition) is 3. The van der Waals surface area contributed by atoms with E-state index in [0.29, 0.717) is 33.6 Å². The van der Waals surface area contributed by atoms with Crippen LogP contribution in [0.25, 0.3) is 10.9 Å². The predicted octanol–water partition coefficient (Wildman–Crippen LogP) is 4.02. The number of pyridine rings is 1. The van der Waals surface area contributed by atoms with Crippen molar-refractivity contribution >= 4 is 40.2 Å². The molecule has 3 amide bonds. The van der Waals surface area contributed by atoms with E-state index >= 15 is 0 Å². The second-order valence-electron chi connectivity index (χ2n) is 11.1. The van der Waals surface area contributed by atoms with E-state index in [0.717, 1.165) is 42.1 Å². The highest BCUT2D eigenvalue weighted by molar-refractivity contribution is 6.35. The lowest BCUT2D eigenvalue weighted by Gasteiger charge is -2.20. The molecule has 0 bridgehead atoms. The first-order chi connectivity index (χ1) is 21.3. The number of carbonyl (C=O) groups excluding carboxylic acids is 3. The number of hydrogen-bond acceptors (Lipinski definition) is 6. The van der Waals surface area contributed by atoms with Gasteiger partial charge in [0, 0.05) is 29.9 Å². The number of nitrogens with zero attached hydrogens (tertiary/aromatic N) is 3. The highest BCUT2D eigenvalue weighted by Crippen LogP contribution is 2.48. The zero-order valence-electron chi connectivity index (χ0n) is 24.3. The van der Waals surface area contributed by atoms with Gasteiger partial charge >= 0.3 is 11.8 Å². The van der Waals surface area contributed by atoms with Crippen molar-refractivity contribution in [2.75, 3.05) is 7.11 Å². The van der Waals surface area contributed by atoms with Crippen molar-refractivity contribution in [3.63, 3.8) is 0 Å². The van der Waals surface area contributed by atoms with Crippen LogP contribution < -0.4 is 20.7 Å². The lowest BCUT2D eigenvalue weighted by atomic mass is 10.0. The average molecular weight is 611 g/mol. The molecule has 2 heterocycles. The van der Waals surface area contributed by atoms with Gasteiger partial charge in [-0.2, -0.15) is 5.10 Å². The van der Waals surface area contributed by atoms with Crippen LogP contribution in [-0.2, 0) is 21.7 Å². The van der Waals surface area contributed by atoms with Gasteiger partial charge < -0.3 is 20.7 Å². The summed E-state index contributed by atoms with van der Waals surface area (Å²) in [6, 6.07) is 14.2. The zero-order chi connectivity index (χ0) is 30.8. The minimum absolute atomic E-state index is 0.00736. The Morgan fingerprint density at radius 1 is 1.14 bits per heavy atom. The van der Waals surface area contributed by atoms with Crippen molar-refractivity contribution in [1.29, 1.82) is 0 Å². The van der Waals surface area contributed by atoms with E-state index in [9.17, 15) is 14.4 Å². The lowest BCUT2D eigenvalue weighted by Crippen LogP contribution is -2.43. The molecular formula is C33H31ClN6O4. The standard InChI is InChI=1S/C33H31ClN6O4/c1-20(9-12-27-26(34)8-5-15-35-27)37-32(43)31(42)36-18-21-6-3-4-7-25(21)30(41)38-33(13-14-33)23-16-22-19-40(24-10-11-24)39-29(22)28(17-23)44-2/h3-8,15-17,19-20,24H,10-11,13-14,18H2,1-2H3,(H,36,42)(H,37,43)(H,38,41)/t20-/m0/s1. The fourth-order valence-electron chi connectivity index (χ4n) is 5.08. The monoisotopic (exact) mass is 610 g/mol. The second-order valence-corrected chi connectivity index (χ2v) is 11.5. The van der Waals surface area contributed by atoms with Crippen molar-refractivity contribution in [1.82, 2.24) is 30.7 Å². The van der Waals surface area contributed by atoms with Gasteiger partial charge in [-0.3, -0.25) is 19.1 Å². The van der Waals surface area contributed by atoms with Crippen LogP contribution in [0.1, 0.15) is 65.8 Å².